The summed E-state index contributed by atoms with van der Waals surface area (Å²) in [5.41, 5.74) is 0. The molecule has 0 saturated heterocycles. The predicted octanol–water partition coefficient (Wildman–Crippen LogP) is -2.53. The van der Waals surface area contributed by atoms with Crippen LogP contribution in [-0.2, 0) is 11.1 Å². The minimum absolute atomic E-state index is 0. The molecule has 0 aliphatic rings. The third kappa shape index (κ3) is 2.78. The molecule has 1 heterocycles. The maximum absolute atomic E-state index is 12.9. The van der Waals surface area contributed by atoms with Crippen LogP contribution in [0.25, 0.3) is 0 Å². The zero-order valence-electron chi connectivity index (χ0n) is 7.11. The summed E-state index contributed by atoms with van der Waals surface area (Å²) >= 11 is -2.60. The number of hydrogen-bond acceptors (Lipinski definition) is 4. The molecule has 1 atom stereocenters. The summed E-state index contributed by atoms with van der Waals surface area (Å²) in [6.45, 7) is 0. The van der Waals surface area contributed by atoms with Crippen LogP contribution in [0.5, 0.6) is 5.88 Å². The minimum Gasteiger partial charge on any atom is -0.768 e. The zero-order chi connectivity index (χ0) is 9.14. The monoisotopic (exact) mass is 197 g/mol. The van der Waals surface area contributed by atoms with Gasteiger partial charge in [0.15, 0.2) is 5.82 Å². The van der Waals surface area contributed by atoms with Gasteiger partial charge in [0.25, 0.3) is 5.88 Å². The van der Waals surface area contributed by atoms with E-state index in [0.29, 0.717) is 0 Å². The number of aromatic nitrogens is 1. The van der Waals surface area contributed by atoms with Crippen molar-refractivity contribution in [3.8, 4) is 5.88 Å². The summed E-state index contributed by atoms with van der Waals surface area (Å²) in [4.78, 5) is 3.03. The van der Waals surface area contributed by atoms with Gasteiger partial charge in [-0.15, -0.1) is 0 Å². The number of ether oxygens (including phenoxy) is 1. The Morgan fingerprint density at radius 1 is 1.69 bits per heavy atom. The van der Waals surface area contributed by atoms with Gasteiger partial charge in [-0.05, 0) is 17.1 Å². The van der Waals surface area contributed by atoms with Crippen LogP contribution in [0.3, 0.4) is 0 Å². The molecule has 66 valence electrons. The molecule has 0 fully saturated rings. The number of rotatable bonds is 2. The molecule has 0 saturated carbocycles. The Hall–Kier alpha value is -0.413. The molecule has 1 aromatic rings. The average Bonchev–Trinajstić information content (AvgIpc) is 2.04. The summed E-state index contributed by atoms with van der Waals surface area (Å²) in [6, 6.07) is 1.06. The van der Waals surface area contributed by atoms with Crippen molar-refractivity contribution < 1.29 is 36.7 Å². The predicted molar refractivity (Wildman–Crippen MR) is 37.9 cm³/mol. The van der Waals surface area contributed by atoms with Crippen LogP contribution in [0.15, 0.2) is 17.2 Å². The second kappa shape index (κ2) is 5.35. The van der Waals surface area contributed by atoms with Crippen molar-refractivity contribution in [3.05, 3.63) is 18.1 Å². The van der Waals surface area contributed by atoms with Gasteiger partial charge in [-0.1, -0.05) is 0 Å². The fourth-order valence-corrected chi connectivity index (χ4v) is 1.08. The Morgan fingerprint density at radius 3 is 2.77 bits per heavy atom. The molecule has 1 rings (SSSR count). The third-order valence-electron chi connectivity index (χ3n) is 1.19. The van der Waals surface area contributed by atoms with Crippen LogP contribution in [-0.4, -0.2) is 20.9 Å². The van der Waals surface area contributed by atoms with E-state index < -0.39 is 21.8 Å². The first-order chi connectivity index (χ1) is 5.66. The van der Waals surface area contributed by atoms with E-state index in [1.165, 1.54) is 7.11 Å². The van der Waals surface area contributed by atoms with Gasteiger partial charge < -0.3 is 9.29 Å². The van der Waals surface area contributed by atoms with E-state index in [1.807, 2.05) is 0 Å². The van der Waals surface area contributed by atoms with E-state index in [-0.39, 0.29) is 24.7 Å². The molecule has 1 unspecified atom stereocenters. The van der Waals surface area contributed by atoms with Gasteiger partial charge in [-0.2, -0.15) is 4.39 Å². The summed E-state index contributed by atoms with van der Waals surface area (Å²) in [5.74, 6) is -1.29. The molecule has 7 heteroatoms. The summed E-state index contributed by atoms with van der Waals surface area (Å²) in [7, 11) is 1.21. The zero-order valence-corrected chi connectivity index (χ0v) is 7.93. The van der Waals surface area contributed by atoms with Crippen molar-refractivity contribution in [1.29, 1.82) is 0 Å². The normalized spacial score (nSPS) is 11.6. The SMILES string of the molecule is COc1nccc(S(=O)[O-])c1F.[Li+]. The summed E-state index contributed by atoms with van der Waals surface area (Å²) < 4.78 is 38.2. The van der Waals surface area contributed by atoms with Gasteiger partial charge in [0.1, 0.15) is 0 Å². The first-order valence-electron chi connectivity index (χ1n) is 2.94. The van der Waals surface area contributed by atoms with Crippen molar-refractivity contribution in [2.75, 3.05) is 7.11 Å². The second-order valence-electron chi connectivity index (χ2n) is 1.87. The Kier molecular flexibility index (Phi) is 5.18. The second-order valence-corrected chi connectivity index (χ2v) is 2.78. The van der Waals surface area contributed by atoms with E-state index >= 15 is 0 Å². The van der Waals surface area contributed by atoms with Gasteiger partial charge in [-0.3, -0.25) is 4.21 Å². The standard InChI is InChI=1S/C6H6FNO3S.Li/c1-11-6-5(7)4(12(9)10)2-3-8-6;/h2-3H,1H3,(H,9,10);/q;+1/p-1. The number of nitrogens with zero attached hydrogens (tertiary/aromatic N) is 1. The van der Waals surface area contributed by atoms with E-state index in [2.05, 4.69) is 9.72 Å². The van der Waals surface area contributed by atoms with Crippen molar-refractivity contribution in [2.24, 2.45) is 0 Å². The molecule has 0 bridgehead atoms. The number of hydrogen-bond donors (Lipinski definition) is 0. The van der Waals surface area contributed by atoms with Gasteiger partial charge in [0.05, 0.1) is 12.0 Å². The molecule has 0 aliphatic heterocycles. The summed E-state index contributed by atoms with van der Waals surface area (Å²) in [6.07, 6.45) is 1.16. The third-order valence-corrected chi connectivity index (χ3v) is 1.87. The fourth-order valence-electron chi connectivity index (χ4n) is 0.679. The van der Waals surface area contributed by atoms with E-state index in [9.17, 15) is 13.2 Å². The van der Waals surface area contributed by atoms with Crippen LogP contribution in [0, 0.1) is 5.82 Å². The van der Waals surface area contributed by atoms with Crippen molar-refractivity contribution in [1.82, 2.24) is 4.98 Å². The van der Waals surface area contributed by atoms with Crippen molar-refractivity contribution in [3.63, 3.8) is 0 Å². The minimum atomic E-state index is -2.60. The number of methoxy groups -OCH3 is 1. The Morgan fingerprint density at radius 2 is 2.31 bits per heavy atom. The molecule has 0 N–H and O–H groups in total. The number of pyridine rings is 1. The molecule has 0 aromatic carbocycles. The van der Waals surface area contributed by atoms with Crippen LogP contribution in [0.1, 0.15) is 0 Å². The first kappa shape index (κ1) is 12.6. The van der Waals surface area contributed by atoms with Gasteiger partial charge >= 0.3 is 18.9 Å². The van der Waals surface area contributed by atoms with E-state index in [0.717, 1.165) is 12.3 Å². The molecular formula is C6H5FLiNO3S. The Labute approximate surface area is 89.0 Å². The van der Waals surface area contributed by atoms with Gasteiger partial charge in [-0.25, -0.2) is 4.98 Å². The maximum Gasteiger partial charge on any atom is 1.00 e. The smallest absolute Gasteiger partial charge is 0.768 e. The molecular weight excluding hydrogens is 192 g/mol. The van der Waals surface area contributed by atoms with Crippen LogP contribution < -0.4 is 23.6 Å². The first-order valence-corrected chi connectivity index (χ1v) is 4.02. The van der Waals surface area contributed by atoms with Crippen LogP contribution in [0.4, 0.5) is 4.39 Å². The van der Waals surface area contributed by atoms with Gasteiger partial charge in [0, 0.05) is 6.20 Å². The molecule has 4 nitrogen and oxygen atoms in total. The summed E-state index contributed by atoms with van der Waals surface area (Å²) in [5, 5.41) is 0. The van der Waals surface area contributed by atoms with Gasteiger partial charge in [0.2, 0.25) is 0 Å². The number of halogens is 1. The maximum atomic E-state index is 12.9. The Bertz CT molecular complexity index is 323. The Balaban J connectivity index is 0.00000144. The molecule has 0 spiro atoms. The van der Waals surface area contributed by atoms with Crippen LogP contribution >= 0.6 is 0 Å². The van der Waals surface area contributed by atoms with Crippen LogP contribution in [0.2, 0.25) is 0 Å². The van der Waals surface area contributed by atoms with E-state index in [1.54, 1.807) is 0 Å². The molecule has 13 heavy (non-hydrogen) atoms. The fraction of sp³-hybridized carbons (Fsp3) is 0.167. The topological polar surface area (TPSA) is 62.2 Å². The van der Waals surface area contributed by atoms with Crippen molar-refractivity contribution >= 4 is 11.1 Å². The largest absolute Gasteiger partial charge is 1.00 e. The van der Waals surface area contributed by atoms with E-state index in [4.69, 9.17) is 0 Å². The molecule has 0 radical (unpaired) electrons. The quantitative estimate of drug-likeness (QED) is 0.387. The van der Waals surface area contributed by atoms with Crippen molar-refractivity contribution in [2.45, 2.75) is 4.90 Å². The average molecular weight is 197 g/mol. The molecule has 0 aliphatic carbocycles. The molecule has 1 aromatic heterocycles. The molecule has 0 amide bonds.